The Morgan fingerprint density at radius 2 is 2.40 bits per heavy atom. The molecule has 0 saturated carbocycles. The van der Waals surface area contributed by atoms with Crippen LogP contribution in [-0.4, -0.2) is 40.6 Å². The van der Waals surface area contributed by atoms with E-state index in [9.17, 15) is 9.90 Å². The first kappa shape index (κ1) is 11.5. The minimum atomic E-state index is -0.930. The number of rotatable bonds is 4. The quantitative estimate of drug-likeness (QED) is 0.570. The number of nitrogens with zero attached hydrogens (tertiary/aromatic N) is 1. The van der Waals surface area contributed by atoms with Crippen molar-refractivity contribution in [2.75, 3.05) is 19.5 Å². The molecule has 0 spiro atoms. The summed E-state index contributed by atoms with van der Waals surface area (Å²) >= 11 is 0. The van der Waals surface area contributed by atoms with Crippen molar-refractivity contribution in [1.29, 1.82) is 0 Å². The van der Waals surface area contributed by atoms with Crippen LogP contribution in [0.25, 0.3) is 0 Å². The lowest BCUT2D eigenvalue weighted by molar-refractivity contribution is 0.0568. The van der Waals surface area contributed by atoms with Crippen molar-refractivity contribution < 1.29 is 19.7 Å². The van der Waals surface area contributed by atoms with Crippen molar-refractivity contribution >= 4 is 11.7 Å². The number of hydrogen-bond donors (Lipinski definition) is 3. The van der Waals surface area contributed by atoms with Crippen LogP contribution in [0.3, 0.4) is 0 Å². The van der Waals surface area contributed by atoms with Crippen molar-refractivity contribution in [3.8, 4) is 0 Å². The zero-order chi connectivity index (χ0) is 11.4. The van der Waals surface area contributed by atoms with E-state index in [4.69, 9.17) is 10.8 Å². The smallest absolute Gasteiger partial charge is 0.354 e. The Balaban J connectivity index is 2.91. The third-order valence-electron chi connectivity index (χ3n) is 1.93. The monoisotopic (exact) mass is 214 g/mol. The number of carbonyl (C=O) groups is 1. The Bertz CT molecular complexity index is 348. The van der Waals surface area contributed by atoms with Gasteiger partial charge in [-0.1, -0.05) is 0 Å². The number of aliphatic hydroxyl groups is 2. The van der Waals surface area contributed by atoms with Gasteiger partial charge < -0.3 is 25.3 Å². The summed E-state index contributed by atoms with van der Waals surface area (Å²) < 4.78 is 5.99. The number of aromatic nitrogens is 1. The maximum Gasteiger partial charge on any atom is 0.354 e. The van der Waals surface area contributed by atoms with Crippen LogP contribution < -0.4 is 5.73 Å². The average Bonchev–Trinajstić information content (AvgIpc) is 2.58. The molecule has 0 fully saturated rings. The van der Waals surface area contributed by atoms with Crippen LogP contribution in [0.15, 0.2) is 12.3 Å². The fourth-order valence-corrected chi connectivity index (χ4v) is 1.24. The highest BCUT2D eigenvalue weighted by Crippen LogP contribution is 2.12. The first-order chi connectivity index (χ1) is 7.08. The number of aliphatic hydroxyl groups excluding tert-OH is 2. The molecule has 15 heavy (non-hydrogen) atoms. The van der Waals surface area contributed by atoms with Crippen LogP contribution in [0.4, 0.5) is 5.69 Å². The maximum atomic E-state index is 11.3. The van der Waals surface area contributed by atoms with Gasteiger partial charge in [0.2, 0.25) is 0 Å². The fourth-order valence-electron chi connectivity index (χ4n) is 1.24. The largest absolute Gasteiger partial charge is 0.464 e. The molecule has 0 aromatic carbocycles. The summed E-state index contributed by atoms with van der Waals surface area (Å²) in [6.07, 6.45) is 0.575. The van der Waals surface area contributed by atoms with Crippen LogP contribution in [0, 0.1) is 0 Å². The summed E-state index contributed by atoms with van der Waals surface area (Å²) in [6.45, 7) is -0.281. The SMILES string of the molecule is COC(=O)c1cc(N)cn1CC(O)CO. The second-order valence-electron chi connectivity index (χ2n) is 3.14. The van der Waals surface area contributed by atoms with Crippen LogP contribution in [0.2, 0.25) is 0 Å². The van der Waals surface area contributed by atoms with Crippen LogP contribution in [0.1, 0.15) is 10.5 Å². The van der Waals surface area contributed by atoms with Crippen LogP contribution in [0.5, 0.6) is 0 Å². The van der Waals surface area contributed by atoms with E-state index >= 15 is 0 Å². The van der Waals surface area contributed by atoms with Gasteiger partial charge in [0.15, 0.2) is 0 Å². The zero-order valence-corrected chi connectivity index (χ0v) is 8.38. The predicted molar refractivity (Wildman–Crippen MR) is 53.3 cm³/mol. The first-order valence-corrected chi connectivity index (χ1v) is 4.41. The lowest BCUT2D eigenvalue weighted by Gasteiger charge is -2.10. The summed E-state index contributed by atoms with van der Waals surface area (Å²) in [6, 6.07) is 1.45. The number of nitrogens with two attached hydrogens (primary N) is 1. The van der Waals surface area contributed by atoms with Gasteiger partial charge in [-0.3, -0.25) is 0 Å². The Morgan fingerprint density at radius 1 is 1.73 bits per heavy atom. The molecule has 84 valence electrons. The molecule has 0 aliphatic heterocycles. The summed E-state index contributed by atoms with van der Waals surface area (Å²) in [5.41, 5.74) is 6.17. The summed E-state index contributed by atoms with van der Waals surface area (Å²) in [5.74, 6) is -0.531. The summed E-state index contributed by atoms with van der Waals surface area (Å²) in [4.78, 5) is 11.3. The number of anilines is 1. The van der Waals surface area contributed by atoms with Crippen molar-refractivity contribution in [1.82, 2.24) is 4.57 Å². The molecule has 1 atom stereocenters. The van der Waals surface area contributed by atoms with Gasteiger partial charge in [-0.25, -0.2) is 4.79 Å². The molecule has 1 aromatic heterocycles. The molecule has 1 aromatic rings. The molecule has 6 nitrogen and oxygen atoms in total. The first-order valence-electron chi connectivity index (χ1n) is 4.41. The van der Waals surface area contributed by atoms with Crippen molar-refractivity contribution in [2.24, 2.45) is 0 Å². The van der Waals surface area contributed by atoms with Crippen LogP contribution >= 0.6 is 0 Å². The van der Waals surface area contributed by atoms with Crippen molar-refractivity contribution in [3.05, 3.63) is 18.0 Å². The molecule has 0 saturated heterocycles. The standard InChI is InChI=1S/C9H14N2O4/c1-15-9(14)8-2-6(10)3-11(8)4-7(13)5-12/h2-3,7,12-13H,4-5,10H2,1H3. The summed E-state index contributed by atoms with van der Waals surface area (Å²) in [5, 5.41) is 17.9. The highest BCUT2D eigenvalue weighted by molar-refractivity contribution is 5.88. The van der Waals surface area contributed by atoms with Crippen molar-refractivity contribution in [2.45, 2.75) is 12.6 Å². The van der Waals surface area contributed by atoms with E-state index in [0.717, 1.165) is 0 Å². The molecule has 0 amide bonds. The highest BCUT2D eigenvalue weighted by Gasteiger charge is 2.15. The molecule has 1 unspecified atom stereocenters. The van der Waals surface area contributed by atoms with Gasteiger partial charge in [-0.2, -0.15) is 0 Å². The van der Waals surface area contributed by atoms with Gasteiger partial charge in [-0.15, -0.1) is 0 Å². The molecule has 6 heteroatoms. The van der Waals surface area contributed by atoms with E-state index in [-0.39, 0.29) is 18.8 Å². The van der Waals surface area contributed by atoms with Gasteiger partial charge in [0.05, 0.1) is 32.1 Å². The molecule has 0 aliphatic carbocycles. The molecule has 0 radical (unpaired) electrons. The van der Waals surface area contributed by atoms with E-state index < -0.39 is 12.1 Å². The third-order valence-corrected chi connectivity index (χ3v) is 1.93. The number of esters is 1. The van der Waals surface area contributed by atoms with Gasteiger partial charge in [0.1, 0.15) is 5.69 Å². The minimum Gasteiger partial charge on any atom is -0.464 e. The Morgan fingerprint density at radius 3 is 2.93 bits per heavy atom. The van der Waals surface area contributed by atoms with E-state index in [1.165, 1.54) is 23.9 Å². The number of hydrogen-bond acceptors (Lipinski definition) is 5. The second kappa shape index (κ2) is 4.81. The summed E-state index contributed by atoms with van der Waals surface area (Å²) in [7, 11) is 1.26. The van der Waals surface area contributed by atoms with E-state index in [2.05, 4.69) is 4.74 Å². The number of nitrogen functional groups attached to an aromatic ring is 1. The van der Waals surface area contributed by atoms with Gasteiger partial charge in [0, 0.05) is 6.20 Å². The molecule has 0 bridgehead atoms. The average molecular weight is 214 g/mol. The van der Waals surface area contributed by atoms with E-state index in [0.29, 0.717) is 5.69 Å². The highest BCUT2D eigenvalue weighted by atomic mass is 16.5. The predicted octanol–water partition coefficient (Wildman–Crippen LogP) is -0.790. The Labute approximate surface area is 86.9 Å². The second-order valence-corrected chi connectivity index (χ2v) is 3.14. The number of methoxy groups -OCH3 is 1. The third kappa shape index (κ3) is 2.71. The number of carbonyl (C=O) groups excluding carboxylic acids is 1. The lowest BCUT2D eigenvalue weighted by atomic mass is 10.3. The normalized spacial score (nSPS) is 12.5. The molecule has 4 N–H and O–H groups in total. The molecule has 0 aliphatic rings. The Hall–Kier alpha value is -1.53. The van der Waals surface area contributed by atoms with E-state index in [1.807, 2.05) is 0 Å². The molecular formula is C9H14N2O4. The van der Waals surface area contributed by atoms with Gasteiger partial charge >= 0.3 is 5.97 Å². The molecular weight excluding hydrogens is 200 g/mol. The maximum absolute atomic E-state index is 11.3. The minimum absolute atomic E-state index is 0.0954. The molecule has 1 rings (SSSR count). The van der Waals surface area contributed by atoms with E-state index in [1.54, 1.807) is 0 Å². The zero-order valence-electron chi connectivity index (χ0n) is 8.38. The lowest BCUT2D eigenvalue weighted by Crippen LogP contribution is -2.22. The van der Waals surface area contributed by atoms with Gasteiger partial charge in [-0.05, 0) is 6.07 Å². The number of ether oxygens (including phenoxy) is 1. The topological polar surface area (TPSA) is 97.7 Å². The molecule has 1 heterocycles. The van der Waals surface area contributed by atoms with Crippen molar-refractivity contribution in [3.63, 3.8) is 0 Å². The fraction of sp³-hybridized carbons (Fsp3) is 0.444. The van der Waals surface area contributed by atoms with Crippen LogP contribution in [-0.2, 0) is 11.3 Å². The van der Waals surface area contributed by atoms with Gasteiger partial charge in [0.25, 0.3) is 0 Å². The Kier molecular flexibility index (Phi) is 3.70.